The minimum Gasteiger partial charge on any atom is -0.455 e. The lowest BCUT2D eigenvalue weighted by Gasteiger charge is -2.16. The molecule has 4 rings (SSSR count). The van der Waals surface area contributed by atoms with E-state index in [1.807, 2.05) is 53.0 Å². The van der Waals surface area contributed by atoms with Crippen LogP contribution in [0.25, 0.3) is 0 Å². The van der Waals surface area contributed by atoms with Crippen molar-refractivity contribution in [3.63, 3.8) is 0 Å². The van der Waals surface area contributed by atoms with E-state index in [4.69, 9.17) is 4.42 Å². The third-order valence-corrected chi connectivity index (χ3v) is 6.08. The van der Waals surface area contributed by atoms with Crippen LogP contribution in [0.3, 0.4) is 0 Å². The number of carbonyl (C=O) groups excluding carboxylic acids is 2. The van der Waals surface area contributed by atoms with E-state index in [2.05, 4.69) is 10.3 Å². The van der Waals surface area contributed by atoms with Crippen LogP contribution in [-0.4, -0.2) is 32.8 Å². The van der Waals surface area contributed by atoms with E-state index in [0.717, 1.165) is 35.0 Å². The molecule has 1 fully saturated rings. The van der Waals surface area contributed by atoms with E-state index in [0.29, 0.717) is 31.0 Å². The third-order valence-electron chi connectivity index (χ3n) is 5.00. The van der Waals surface area contributed by atoms with E-state index in [1.54, 1.807) is 24.0 Å². The molecule has 0 aliphatic carbocycles. The predicted octanol–water partition coefficient (Wildman–Crippen LogP) is 3.36. The average molecular weight is 425 g/mol. The number of rotatable bonds is 8. The lowest BCUT2D eigenvalue weighted by molar-refractivity contribution is -0.128. The van der Waals surface area contributed by atoms with Crippen molar-refractivity contribution >= 4 is 23.6 Å². The summed E-state index contributed by atoms with van der Waals surface area (Å²) < 4.78 is 7.62. The molecule has 3 aromatic rings. The Morgan fingerprint density at radius 2 is 2.13 bits per heavy atom. The molecule has 0 saturated carbocycles. The summed E-state index contributed by atoms with van der Waals surface area (Å²) in [6.45, 7) is 1.84. The molecule has 0 radical (unpaired) electrons. The first kappa shape index (κ1) is 20.3. The summed E-state index contributed by atoms with van der Waals surface area (Å²) in [5.41, 5.74) is 2.06. The minimum absolute atomic E-state index is 0.211. The number of benzene rings is 1. The third kappa shape index (κ3) is 4.94. The van der Waals surface area contributed by atoms with Crippen LogP contribution in [0.1, 0.15) is 40.3 Å². The fourth-order valence-corrected chi connectivity index (χ4v) is 4.23. The van der Waals surface area contributed by atoms with Gasteiger partial charge in [-0.2, -0.15) is 0 Å². The van der Waals surface area contributed by atoms with Crippen LogP contribution < -0.4 is 5.32 Å². The molecule has 3 heterocycles. The SMILES string of the molecule is Cn1ccnc1SCc1ccc(C(=O)NCc2cccc(CN3CCCC3=O)c2)o1. The standard InChI is InChI=1S/C22H24N4O3S/c1-25-11-9-23-22(25)30-15-18-7-8-19(29-18)21(28)24-13-16-4-2-5-17(12-16)14-26-10-3-6-20(26)27/h2,4-5,7-9,11-12H,3,6,10,13-15H2,1H3,(H,24,28). The summed E-state index contributed by atoms with van der Waals surface area (Å²) in [5.74, 6) is 1.59. The zero-order valence-corrected chi connectivity index (χ0v) is 17.7. The number of amides is 2. The van der Waals surface area contributed by atoms with Gasteiger partial charge in [-0.3, -0.25) is 9.59 Å². The summed E-state index contributed by atoms with van der Waals surface area (Å²) in [7, 11) is 1.94. The van der Waals surface area contributed by atoms with Gasteiger partial charge >= 0.3 is 0 Å². The fourth-order valence-electron chi connectivity index (χ4n) is 3.40. The zero-order valence-electron chi connectivity index (χ0n) is 16.8. The molecule has 1 aliphatic heterocycles. The Hall–Kier alpha value is -3.00. The molecule has 0 bridgehead atoms. The maximum Gasteiger partial charge on any atom is 0.287 e. The molecule has 0 atom stereocenters. The van der Waals surface area contributed by atoms with E-state index < -0.39 is 0 Å². The Balaban J connectivity index is 1.29. The van der Waals surface area contributed by atoms with Crippen LogP contribution in [0.5, 0.6) is 0 Å². The van der Waals surface area contributed by atoms with Gasteiger partial charge in [-0.25, -0.2) is 4.98 Å². The summed E-state index contributed by atoms with van der Waals surface area (Å²) in [6.07, 6.45) is 5.21. The minimum atomic E-state index is -0.247. The van der Waals surface area contributed by atoms with Gasteiger partial charge in [0.1, 0.15) is 5.76 Å². The van der Waals surface area contributed by atoms with Gasteiger partial charge in [-0.1, -0.05) is 36.0 Å². The lowest BCUT2D eigenvalue weighted by Crippen LogP contribution is -2.24. The van der Waals surface area contributed by atoms with Crippen LogP contribution in [-0.2, 0) is 30.7 Å². The lowest BCUT2D eigenvalue weighted by atomic mass is 10.1. The summed E-state index contributed by atoms with van der Waals surface area (Å²) in [5, 5.41) is 3.80. The first-order valence-electron chi connectivity index (χ1n) is 9.91. The normalized spacial score (nSPS) is 13.8. The first-order valence-corrected chi connectivity index (χ1v) is 10.9. The molecular formula is C22H24N4O3S. The highest BCUT2D eigenvalue weighted by Gasteiger charge is 2.20. The number of carbonyl (C=O) groups is 2. The van der Waals surface area contributed by atoms with Gasteiger partial charge in [0.25, 0.3) is 5.91 Å². The van der Waals surface area contributed by atoms with Crippen molar-refractivity contribution in [2.75, 3.05) is 6.54 Å². The van der Waals surface area contributed by atoms with Crippen molar-refractivity contribution < 1.29 is 14.0 Å². The second kappa shape index (κ2) is 9.21. The number of aryl methyl sites for hydroxylation is 1. The maximum atomic E-state index is 12.4. The number of hydrogen-bond acceptors (Lipinski definition) is 5. The van der Waals surface area contributed by atoms with E-state index in [1.165, 1.54) is 0 Å². The molecule has 1 aromatic carbocycles. The van der Waals surface area contributed by atoms with Crippen LogP contribution in [0.15, 0.2) is 58.4 Å². The molecule has 0 spiro atoms. The van der Waals surface area contributed by atoms with Crippen molar-refractivity contribution in [1.82, 2.24) is 19.8 Å². The number of nitrogens with zero attached hydrogens (tertiary/aromatic N) is 3. The predicted molar refractivity (Wildman–Crippen MR) is 114 cm³/mol. The van der Waals surface area contributed by atoms with Gasteiger partial charge in [0.2, 0.25) is 5.91 Å². The van der Waals surface area contributed by atoms with Gasteiger partial charge in [0.15, 0.2) is 10.9 Å². The Bertz CT molecular complexity index is 1040. The van der Waals surface area contributed by atoms with Crippen LogP contribution >= 0.6 is 11.8 Å². The number of furan rings is 1. The number of likely N-dealkylation sites (tertiary alicyclic amines) is 1. The van der Waals surface area contributed by atoms with Crippen LogP contribution in [0, 0.1) is 0 Å². The number of imidazole rings is 1. The topological polar surface area (TPSA) is 80.4 Å². The molecule has 0 unspecified atom stereocenters. The Kier molecular flexibility index (Phi) is 6.23. The first-order chi connectivity index (χ1) is 14.6. The maximum absolute atomic E-state index is 12.4. The van der Waals surface area contributed by atoms with Crippen LogP contribution in [0.2, 0.25) is 0 Å². The van der Waals surface area contributed by atoms with Gasteiger partial charge in [0.05, 0.1) is 5.75 Å². The molecule has 1 aliphatic rings. The van der Waals surface area contributed by atoms with Gasteiger partial charge < -0.3 is 19.2 Å². The van der Waals surface area contributed by atoms with Gasteiger partial charge in [-0.15, -0.1) is 0 Å². The second-order valence-corrected chi connectivity index (χ2v) is 8.24. The van der Waals surface area contributed by atoms with Crippen molar-refractivity contribution in [3.05, 3.63) is 71.4 Å². The van der Waals surface area contributed by atoms with Crippen molar-refractivity contribution in [3.8, 4) is 0 Å². The number of nitrogens with one attached hydrogen (secondary N) is 1. The Morgan fingerprint density at radius 3 is 2.90 bits per heavy atom. The van der Waals surface area contributed by atoms with Crippen molar-refractivity contribution in [2.24, 2.45) is 7.05 Å². The second-order valence-electron chi connectivity index (χ2n) is 7.30. The number of hydrogen-bond donors (Lipinski definition) is 1. The molecule has 7 nitrogen and oxygen atoms in total. The van der Waals surface area contributed by atoms with E-state index in [-0.39, 0.29) is 11.8 Å². The Morgan fingerprint density at radius 1 is 1.27 bits per heavy atom. The van der Waals surface area contributed by atoms with E-state index >= 15 is 0 Å². The summed E-state index contributed by atoms with van der Waals surface area (Å²) in [6, 6.07) is 11.5. The highest BCUT2D eigenvalue weighted by atomic mass is 32.2. The van der Waals surface area contributed by atoms with E-state index in [9.17, 15) is 9.59 Å². The largest absolute Gasteiger partial charge is 0.455 e. The summed E-state index contributed by atoms with van der Waals surface area (Å²) >= 11 is 1.56. The fraction of sp³-hybridized carbons (Fsp3) is 0.318. The molecule has 156 valence electrons. The Labute approximate surface area is 179 Å². The molecular weight excluding hydrogens is 400 g/mol. The molecule has 8 heteroatoms. The molecule has 2 aromatic heterocycles. The van der Waals surface area contributed by atoms with Gasteiger partial charge in [-0.05, 0) is 29.7 Å². The molecule has 1 saturated heterocycles. The number of aromatic nitrogens is 2. The quantitative estimate of drug-likeness (QED) is 0.561. The smallest absolute Gasteiger partial charge is 0.287 e. The molecule has 2 amide bonds. The highest BCUT2D eigenvalue weighted by molar-refractivity contribution is 7.98. The summed E-state index contributed by atoms with van der Waals surface area (Å²) in [4.78, 5) is 30.4. The zero-order chi connectivity index (χ0) is 20.9. The van der Waals surface area contributed by atoms with Crippen molar-refractivity contribution in [1.29, 1.82) is 0 Å². The molecule has 30 heavy (non-hydrogen) atoms. The van der Waals surface area contributed by atoms with Crippen LogP contribution in [0.4, 0.5) is 0 Å². The number of thioether (sulfide) groups is 1. The molecule has 1 N–H and O–H groups in total. The van der Waals surface area contributed by atoms with Crippen molar-refractivity contribution in [2.45, 2.75) is 36.8 Å². The van der Waals surface area contributed by atoms with Gasteiger partial charge in [0, 0.05) is 45.5 Å². The monoisotopic (exact) mass is 424 g/mol. The average Bonchev–Trinajstić information content (AvgIpc) is 3.47. The highest BCUT2D eigenvalue weighted by Crippen LogP contribution is 2.22.